The summed E-state index contributed by atoms with van der Waals surface area (Å²) in [6.45, 7) is 0.932. The van der Waals surface area contributed by atoms with E-state index in [1.807, 2.05) is 0 Å². The van der Waals surface area contributed by atoms with Gasteiger partial charge in [-0.25, -0.2) is 14.0 Å². The summed E-state index contributed by atoms with van der Waals surface area (Å²) >= 11 is 0. The first kappa shape index (κ1) is 14.3. The molecule has 0 N–H and O–H groups in total. The summed E-state index contributed by atoms with van der Waals surface area (Å²) in [6, 6.07) is 0. The average Bonchev–Trinajstić information content (AvgIpc) is 3.01. The van der Waals surface area contributed by atoms with E-state index in [1.165, 1.54) is 0 Å². The highest BCUT2D eigenvalue weighted by Crippen LogP contribution is 2.27. The van der Waals surface area contributed by atoms with Crippen molar-refractivity contribution >= 4 is 11.9 Å². The van der Waals surface area contributed by atoms with Crippen LogP contribution in [0, 0.1) is 0 Å². The van der Waals surface area contributed by atoms with Gasteiger partial charge in [0.1, 0.15) is 12.2 Å². The van der Waals surface area contributed by atoms with Crippen LogP contribution in [0.25, 0.3) is 0 Å². The highest BCUT2D eigenvalue weighted by molar-refractivity contribution is 6.03. The summed E-state index contributed by atoms with van der Waals surface area (Å²) in [4.78, 5) is 23.5. The zero-order chi connectivity index (χ0) is 13.9. The lowest BCUT2D eigenvalue weighted by atomic mass is 10.1. The second kappa shape index (κ2) is 5.88. The highest BCUT2D eigenvalue weighted by Gasteiger charge is 2.47. The Hall–Kier alpha value is -1.13. The topological polar surface area (TPSA) is 52.6 Å². The molecule has 0 saturated heterocycles. The molecule has 108 valence electrons. The van der Waals surface area contributed by atoms with Crippen LogP contribution in [0.3, 0.4) is 0 Å². The van der Waals surface area contributed by atoms with Crippen LogP contribution in [-0.2, 0) is 19.1 Å². The lowest BCUT2D eigenvalue weighted by molar-refractivity contribution is -0.179. The molecule has 0 spiro atoms. The molecule has 0 unspecified atom stereocenters. The number of hydrogen-bond donors (Lipinski definition) is 0. The summed E-state index contributed by atoms with van der Waals surface area (Å²) < 4.78 is 24.3. The van der Waals surface area contributed by atoms with Gasteiger partial charge in [0.05, 0.1) is 0 Å². The van der Waals surface area contributed by atoms with Gasteiger partial charge in [0.2, 0.25) is 0 Å². The van der Waals surface area contributed by atoms with E-state index in [0.29, 0.717) is 0 Å². The van der Waals surface area contributed by atoms with Gasteiger partial charge in [-0.05, 0) is 58.3 Å². The van der Waals surface area contributed by atoms with Crippen molar-refractivity contribution in [1.29, 1.82) is 0 Å². The molecule has 0 aromatic heterocycles. The quantitative estimate of drug-likeness (QED) is 0.583. The maximum Gasteiger partial charge on any atom is 0.355 e. The van der Waals surface area contributed by atoms with E-state index in [9.17, 15) is 14.0 Å². The van der Waals surface area contributed by atoms with Gasteiger partial charge in [-0.3, -0.25) is 0 Å². The van der Waals surface area contributed by atoms with Crippen molar-refractivity contribution in [3.63, 3.8) is 0 Å². The highest BCUT2D eigenvalue weighted by atomic mass is 19.1. The van der Waals surface area contributed by atoms with Crippen LogP contribution in [0.1, 0.15) is 58.3 Å². The molecule has 2 fully saturated rings. The van der Waals surface area contributed by atoms with Gasteiger partial charge in [0, 0.05) is 0 Å². The van der Waals surface area contributed by atoms with Gasteiger partial charge < -0.3 is 9.47 Å². The van der Waals surface area contributed by atoms with Crippen LogP contribution in [0.2, 0.25) is 0 Å². The second-order valence-corrected chi connectivity index (χ2v) is 5.63. The molecule has 0 amide bonds. The summed E-state index contributed by atoms with van der Waals surface area (Å²) in [5.41, 5.74) is -2.69. The van der Waals surface area contributed by atoms with E-state index in [4.69, 9.17) is 9.47 Å². The number of esters is 2. The second-order valence-electron chi connectivity index (χ2n) is 5.63. The fourth-order valence-corrected chi connectivity index (χ4v) is 2.62. The molecular weight excluding hydrogens is 251 g/mol. The smallest absolute Gasteiger partial charge is 0.355 e. The van der Waals surface area contributed by atoms with Crippen molar-refractivity contribution in [2.24, 2.45) is 0 Å². The minimum Gasteiger partial charge on any atom is -0.460 e. The normalized spacial score (nSPS) is 21.6. The fraction of sp³-hybridized carbons (Fsp3) is 0.857. The van der Waals surface area contributed by atoms with Crippen molar-refractivity contribution in [1.82, 2.24) is 0 Å². The van der Waals surface area contributed by atoms with Crippen LogP contribution < -0.4 is 0 Å². The van der Waals surface area contributed by atoms with Crippen molar-refractivity contribution < 1.29 is 23.5 Å². The lowest BCUT2D eigenvalue weighted by Crippen LogP contribution is -2.44. The number of carbonyl (C=O) groups excluding carboxylic acids is 2. The predicted octanol–water partition coefficient (Wildman–Crippen LogP) is 2.69. The molecule has 19 heavy (non-hydrogen) atoms. The predicted molar refractivity (Wildman–Crippen MR) is 66.2 cm³/mol. The minimum atomic E-state index is -2.69. The Kier molecular flexibility index (Phi) is 4.42. The average molecular weight is 272 g/mol. The van der Waals surface area contributed by atoms with E-state index in [-0.39, 0.29) is 12.2 Å². The Morgan fingerprint density at radius 1 is 0.895 bits per heavy atom. The van der Waals surface area contributed by atoms with E-state index in [0.717, 1.165) is 58.3 Å². The first-order chi connectivity index (χ1) is 9.00. The molecule has 0 bridgehead atoms. The first-order valence-electron chi connectivity index (χ1n) is 7.11. The molecule has 5 heteroatoms. The Morgan fingerprint density at radius 3 is 1.53 bits per heavy atom. The van der Waals surface area contributed by atoms with E-state index in [2.05, 4.69) is 0 Å². The van der Waals surface area contributed by atoms with Crippen LogP contribution >= 0.6 is 0 Å². The Bertz CT molecular complexity index is 309. The molecule has 0 heterocycles. The maximum absolute atomic E-state index is 14.2. The first-order valence-corrected chi connectivity index (χ1v) is 7.11. The van der Waals surface area contributed by atoms with Gasteiger partial charge in [0.15, 0.2) is 0 Å². The molecule has 0 aromatic carbocycles. The van der Waals surface area contributed by atoms with Gasteiger partial charge in [-0.1, -0.05) is 0 Å². The summed E-state index contributed by atoms with van der Waals surface area (Å²) in [7, 11) is 0. The zero-order valence-corrected chi connectivity index (χ0v) is 11.3. The summed E-state index contributed by atoms with van der Waals surface area (Å²) in [6.07, 6.45) is 6.42. The Balaban J connectivity index is 1.87. The molecule has 0 aromatic rings. The third-order valence-electron chi connectivity index (χ3n) is 3.92. The third kappa shape index (κ3) is 3.45. The minimum absolute atomic E-state index is 0.248. The van der Waals surface area contributed by atoms with E-state index in [1.54, 1.807) is 0 Å². The number of carbonyl (C=O) groups is 2. The molecule has 2 rings (SSSR count). The molecule has 4 nitrogen and oxygen atoms in total. The van der Waals surface area contributed by atoms with Crippen molar-refractivity contribution in [2.45, 2.75) is 76.2 Å². The molecule has 2 saturated carbocycles. The van der Waals surface area contributed by atoms with Gasteiger partial charge in [-0.15, -0.1) is 0 Å². The van der Waals surface area contributed by atoms with Crippen molar-refractivity contribution in [3.8, 4) is 0 Å². The monoisotopic (exact) mass is 272 g/mol. The number of rotatable bonds is 4. The van der Waals surface area contributed by atoms with Crippen LogP contribution in [-0.4, -0.2) is 29.8 Å². The van der Waals surface area contributed by atoms with Gasteiger partial charge in [0.25, 0.3) is 5.67 Å². The standard InChI is InChI=1S/C14H21FO4/c1-14(15,12(16)18-10-6-2-3-7-10)13(17)19-11-8-4-5-9-11/h10-11H,2-9H2,1H3. The molecule has 2 aliphatic carbocycles. The SMILES string of the molecule is CC(F)(C(=O)OC1CCCC1)C(=O)OC1CCCC1. The van der Waals surface area contributed by atoms with Crippen LogP contribution in [0.15, 0.2) is 0 Å². The molecule has 0 radical (unpaired) electrons. The fourth-order valence-electron chi connectivity index (χ4n) is 2.62. The van der Waals surface area contributed by atoms with Crippen molar-refractivity contribution in [3.05, 3.63) is 0 Å². The largest absolute Gasteiger partial charge is 0.460 e. The van der Waals surface area contributed by atoms with Crippen molar-refractivity contribution in [2.75, 3.05) is 0 Å². The number of halogens is 1. The summed E-state index contributed by atoms with van der Waals surface area (Å²) in [5, 5.41) is 0. The third-order valence-corrected chi connectivity index (χ3v) is 3.92. The molecule has 0 atom stereocenters. The van der Waals surface area contributed by atoms with E-state index < -0.39 is 17.6 Å². The molecule has 0 aliphatic heterocycles. The number of ether oxygens (including phenoxy) is 2. The maximum atomic E-state index is 14.2. The van der Waals surface area contributed by atoms with Crippen LogP contribution in [0.4, 0.5) is 4.39 Å². The van der Waals surface area contributed by atoms with Gasteiger partial charge >= 0.3 is 11.9 Å². The van der Waals surface area contributed by atoms with Crippen LogP contribution in [0.5, 0.6) is 0 Å². The zero-order valence-electron chi connectivity index (χ0n) is 11.3. The number of alkyl halides is 1. The molecular formula is C14H21FO4. The summed E-state index contributed by atoms with van der Waals surface area (Å²) in [5.74, 6) is -2.22. The molecule has 2 aliphatic rings. The van der Waals surface area contributed by atoms with Gasteiger partial charge in [-0.2, -0.15) is 0 Å². The Morgan fingerprint density at radius 2 is 1.21 bits per heavy atom. The number of hydrogen-bond acceptors (Lipinski definition) is 4. The Labute approximate surface area is 112 Å². The lowest BCUT2D eigenvalue weighted by Gasteiger charge is -2.22. The van der Waals surface area contributed by atoms with E-state index >= 15 is 0 Å².